The summed E-state index contributed by atoms with van der Waals surface area (Å²) in [6, 6.07) is 7.56. The van der Waals surface area contributed by atoms with Crippen molar-refractivity contribution in [3.8, 4) is 0 Å². The third-order valence-electron chi connectivity index (χ3n) is 1.97. The molecule has 1 aliphatic carbocycles. The second kappa shape index (κ2) is 2.84. The van der Waals surface area contributed by atoms with Crippen molar-refractivity contribution >= 4 is 16.0 Å². The lowest BCUT2D eigenvalue weighted by Crippen LogP contribution is -1.90. The standard InChI is InChI=1S/C9H8O2S/c10-12(11)9-6-5-7-3-1-2-4-8(7)9/h1-4,6H,5H2,(H,10,11)/p-1. The molecule has 0 aromatic heterocycles. The highest BCUT2D eigenvalue weighted by Gasteiger charge is 2.12. The molecular weight excluding hydrogens is 172 g/mol. The Morgan fingerprint density at radius 3 is 2.83 bits per heavy atom. The molecule has 1 aliphatic rings. The number of benzene rings is 1. The van der Waals surface area contributed by atoms with Gasteiger partial charge in [0.25, 0.3) is 0 Å². The van der Waals surface area contributed by atoms with Crippen molar-refractivity contribution < 1.29 is 8.76 Å². The van der Waals surface area contributed by atoms with Crippen LogP contribution in [-0.4, -0.2) is 8.76 Å². The van der Waals surface area contributed by atoms with Gasteiger partial charge in [-0.15, -0.1) is 0 Å². The topological polar surface area (TPSA) is 40.1 Å². The van der Waals surface area contributed by atoms with Crippen LogP contribution in [0, 0.1) is 0 Å². The normalized spacial score (nSPS) is 16.9. The fourth-order valence-corrected chi connectivity index (χ4v) is 2.01. The maximum Gasteiger partial charge on any atom is 0.0287 e. The Hall–Kier alpha value is -0.930. The lowest BCUT2D eigenvalue weighted by atomic mass is 10.1. The molecule has 1 atom stereocenters. The molecule has 0 heterocycles. The van der Waals surface area contributed by atoms with E-state index in [-0.39, 0.29) is 0 Å². The Morgan fingerprint density at radius 1 is 1.33 bits per heavy atom. The van der Waals surface area contributed by atoms with Crippen molar-refractivity contribution in [1.82, 2.24) is 0 Å². The van der Waals surface area contributed by atoms with E-state index in [4.69, 9.17) is 0 Å². The first kappa shape index (κ1) is 7.71. The molecule has 1 aromatic rings. The lowest BCUT2D eigenvalue weighted by molar-refractivity contribution is 0.548. The minimum atomic E-state index is -2.09. The van der Waals surface area contributed by atoms with Crippen molar-refractivity contribution in [3.05, 3.63) is 41.5 Å². The Bertz CT molecular complexity index is 369. The van der Waals surface area contributed by atoms with Gasteiger partial charge in [-0.2, -0.15) is 0 Å². The fourth-order valence-electron chi connectivity index (χ4n) is 1.41. The van der Waals surface area contributed by atoms with Gasteiger partial charge in [-0.05, 0) is 28.6 Å². The molecule has 0 fully saturated rings. The Kier molecular flexibility index (Phi) is 1.83. The summed E-state index contributed by atoms with van der Waals surface area (Å²) in [7, 11) is 0. The van der Waals surface area contributed by atoms with Crippen LogP contribution in [0.5, 0.6) is 0 Å². The van der Waals surface area contributed by atoms with Crippen LogP contribution in [-0.2, 0) is 17.5 Å². The highest BCUT2D eigenvalue weighted by Crippen LogP contribution is 2.28. The monoisotopic (exact) mass is 179 g/mol. The molecule has 0 aliphatic heterocycles. The van der Waals surface area contributed by atoms with Crippen LogP contribution in [0.1, 0.15) is 11.1 Å². The maximum atomic E-state index is 10.7. The molecule has 0 saturated carbocycles. The average molecular weight is 179 g/mol. The van der Waals surface area contributed by atoms with Gasteiger partial charge in [0.05, 0.1) is 0 Å². The SMILES string of the molecule is O=S([O-])C1=CCc2ccccc21. The number of hydrogen-bond acceptors (Lipinski definition) is 2. The highest BCUT2D eigenvalue weighted by molar-refractivity contribution is 7.89. The summed E-state index contributed by atoms with van der Waals surface area (Å²) in [6.07, 6.45) is 2.48. The van der Waals surface area contributed by atoms with E-state index < -0.39 is 11.1 Å². The zero-order valence-corrected chi connectivity index (χ0v) is 7.14. The van der Waals surface area contributed by atoms with Crippen molar-refractivity contribution in [1.29, 1.82) is 0 Å². The van der Waals surface area contributed by atoms with Gasteiger partial charge in [-0.25, -0.2) is 0 Å². The van der Waals surface area contributed by atoms with Gasteiger partial charge >= 0.3 is 0 Å². The van der Waals surface area contributed by atoms with Crippen LogP contribution in [0.15, 0.2) is 30.3 Å². The minimum absolute atomic E-state index is 0.436. The Balaban J connectivity index is 2.52. The summed E-state index contributed by atoms with van der Waals surface area (Å²) in [4.78, 5) is 0.436. The molecule has 1 unspecified atom stereocenters. The zero-order valence-electron chi connectivity index (χ0n) is 6.32. The van der Waals surface area contributed by atoms with Crippen molar-refractivity contribution in [2.24, 2.45) is 0 Å². The van der Waals surface area contributed by atoms with E-state index in [1.807, 2.05) is 24.3 Å². The van der Waals surface area contributed by atoms with Crippen LogP contribution in [0.4, 0.5) is 0 Å². The number of allylic oxidation sites excluding steroid dienone is 1. The zero-order chi connectivity index (χ0) is 8.55. The molecule has 3 heteroatoms. The summed E-state index contributed by atoms with van der Waals surface area (Å²) in [5, 5.41) is 0. The molecule has 2 rings (SSSR count). The third-order valence-corrected chi connectivity index (χ3v) is 2.72. The highest BCUT2D eigenvalue weighted by atomic mass is 32.2. The molecule has 12 heavy (non-hydrogen) atoms. The van der Waals surface area contributed by atoms with Gasteiger partial charge < -0.3 is 4.55 Å². The van der Waals surface area contributed by atoms with E-state index in [1.165, 1.54) is 0 Å². The quantitative estimate of drug-likeness (QED) is 0.612. The van der Waals surface area contributed by atoms with Crippen molar-refractivity contribution in [2.45, 2.75) is 6.42 Å². The Labute approximate surface area is 73.2 Å². The van der Waals surface area contributed by atoms with Crippen LogP contribution in [0.2, 0.25) is 0 Å². The van der Waals surface area contributed by atoms with E-state index >= 15 is 0 Å². The molecule has 0 bridgehead atoms. The molecule has 2 nitrogen and oxygen atoms in total. The smallest absolute Gasteiger partial charge is 0.0287 e. The number of rotatable bonds is 1. The molecule has 62 valence electrons. The first-order valence-electron chi connectivity index (χ1n) is 3.67. The predicted molar refractivity (Wildman–Crippen MR) is 47.0 cm³/mol. The van der Waals surface area contributed by atoms with Crippen LogP contribution in [0.3, 0.4) is 0 Å². The molecule has 0 saturated heterocycles. The fraction of sp³-hybridized carbons (Fsp3) is 0.111. The first-order valence-corrected chi connectivity index (χ1v) is 4.74. The lowest BCUT2D eigenvalue weighted by Gasteiger charge is -2.07. The second-order valence-electron chi connectivity index (χ2n) is 2.66. The summed E-state index contributed by atoms with van der Waals surface area (Å²) >= 11 is -2.09. The molecule has 0 amide bonds. The molecular formula is C9H7O2S-. The minimum Gasteiger partial charge on any atom is -0.768 e. The summed E-state index contributed by atoms with van der Waals surface area (Å²) in [6.45, 7) is 0. The van der Waals surface area contributed by atoms with Crippen LogP contribution < -0.4 is 0 Å². The van der Waals surface area contributed by atoms with E-state index in [0.717, 1.165) is 17.5 Å². The van der Waals surface area contributed by atoms with Gasteiger partial charge in [0, 0.05) is 4.91 Å². The van der Waals surface area contributed by atoms with Crippen molar-refractivity contribution in [2.75, 3.05) is 0 Å². The first-order chi connectivity index (χ1) is 5.79. The maximum absolute atomic E-state index is 10.7. The van der Waals surface area contributed by atoms with Crippen molar-refractivity contribution in [3.63, 3.8) is 0 Å². The molecule has 0 N–H and O–H groups in total. The Morgan fingerprint density at radius 2 is 2.08 bits per heavy atom. The average Bonchev–Trinajstić information content (AvgIpc) is 2.47. The van der Waals surface area contributed by atoms with E-state index in [2.05, 4.69) is 0 Å². The van der Waals surface area contributed by atoms with Gasteiger partial charge in [0.15, 0.2) is 0 Å². The van der Waals surface area contributed by atoms with E-state index in [9.17, 15) is 8.76 Å². The van der Waals surface area contributed by atoms with Gasteiger partial charge in [-0.3, -0.25) is 4.21 Å². The summed E-state index contributed by atoms with van der Waals surface area (Å²) in [5.41, 5.74) is 1.95. The second-order valence-corrected chi connectivity index (χ2v) is 3.57. The van der Waals surface area contributed by atoms with E-state index in [0.29, 0.717) is 4.91 Å². The van der Waals surface area contributed by atoms with Gasteiger partial charge in [0.2, 0.25) is 0 Å². The third kappa shape index (κ3) is 1.11. The predicted octanol–water partition coefficient (Wildman–Crippen LogP) is 1.46. The van der Waals surface area contributed by atoms with E-state index in [1.54, 1.807) is 6.08 Å². The van der Waals surface area contributed by atoms with Crippen LogP contribution in [0.25, 0.3) is 4.91 Å². The molecule has 0 radical (unpaired) electrons. The largest absolute Gasteiger partial charge is 0.768 e. The van der Waals surface area contributed by atoms with Crippen LogP contribution >= 0.6 is 0 Å². The van der Waals surface area contributed by atoms with Gasteiger partial charge in [0.1, 0.15) is 0 Å². The number of fused-ring (bicyclic) bond motifs is 1. The summed E-state index contributed by atoms with van der Waals surface area (Å²) < 4.78 is 21.4. The number of hydrogen-bond donors (Lipinski definition) is 0. The van der Waals surface area contributed by atoms with Gasteiger partial charge in [-0.1, -0.05) is 30.3 Å². The molecule has 0 spiro atoms. The molecule has 1 aromatic carbocycles. The summed E-state index contributed by atoms with van der Waals surface area (Å²) in [5.74, 6) is 0.